The Bertz CT molecular complexity index is 985. The van der Waals surface area contributed by atoms with Gasteiger partial charge in [0.25, 0.3) is 5.91 Å². The molecule has 0 aliphatic carbocycles. The topological polar surface area (TPSA) is 67.4 Å². The maximum Gasteiger partial charge on any atom is 0.274 e. The van der Waals surface area contributed by atoms with E-state index in [1.807, 2.05) is 54.6 Å². The average Bonchev–Trinajstić information content (AvgIpc) is 2.80. The van der Waals surface area contributed by atoms with E-state index >= 15 is 0 Å². The van der Waals surface area contributed by atoms with Crippen molar-refractivity contribution in [2.75, 3.05) is 36.5 Å². The Kier molecular flexibility index (Phi) is 5.81. The van der Waals surface area contributed by atoms with Crippen molar-refractivity contribution < 1.29 is 9.53 Å². The first-order chi connectivity index (χ1) is 14.2. The van der Waals surface area contributed by atoms with Gasteiger partial charge in [0.1, 0.15) is 11.5 Å². The third-order valence-corrected chi connectivity index (χ3v) is 4.96. The van der Waals surface area contributed by atoms with Gasteiger partial charge in [-0.2, -0.15) is 0 Å². The van der Waals surface area contributed by atoms with E-state index in [1.165, 1.54) is 0 Å². The molecule has 29 heavy (non-hydrogen) atoms. The van der Waals surface area contributed by atoms with Crippen LogP contribution in [0.1, 0.15) is 23.0 Å². The second-order valence-corrected chi connectivity index (χ2v) is 6.87. The van der Waals surface area contributed by atoms with Crippen molar-refractivity contribution in [3.8, 4) is 11.4 Å². The first kappa shape index (κ1) is 19.1. The number of nitrogens with one attached hydrogen (secondary N) is 1. The molecule has 0 unspecified atom stereocenters. The number of anilines is 2. The summed E-state index contributed by atoms with van der Waals surface area (Å²) in [6.45, 7) is 4.85. The summed E-state index contributed by atoms with van der Waals surface area (Å²) in [5.74, 6) is 1.06. The molecule has 148 valence electrons. The van der Waals surface area contributed by atoms with Crippen molar-refractivity contribution in [2.24, 2.45) is 0 Å². The van der Waals surface area contributed by atoms with Gasteiger partial charge in [-0.25, -0.2) is 9.97 Å². The van der Waals surface area contributed by atoms with Gasteiger partial charge in [0.2, 0.25) is 0 Å². The van der Waals surface area contributed by atoms with E-state index in [-0.39, 0.29) is 5.91 Å². The highest BCUT2D eigenvalue weighted by molar-refractivity contribution is 6.04. The van der Waals surface area contributed by atoms with Crippen LogP contribution in [0.3, 0.4) is 0 Å². The first-order valence-corrected chi connectivity index (χ1v) is 9.91. The van der Waals surface area contributed by atoms with Crippen LogP contribution in [0.25, 0.3) is 11.4 Å². The molecule has 0 spiro atoms. The van der Waals surface area contributed by atoms with Gasteiger partial charge in [0.05, 0.1) is 13.2 Å². The van der Waals surface area contributed by atoms with E-state index in [1.54, 1.807) is 6.07 Å². The van der Waals surface area contributed by atoms with Gasteiger partial charge in [-0.3, -0.25) is 4.79 Å². The number of ether oxygens (including phenoxy) is 1. The van der Waals surface area contributed by atoms with Crippen LogP contribution in [-0.2, 0) is 11.2 Å². The van der Waals surface area contributed by atoms with Gasteiger partial charge in [-0.15, -0.1) is 0 Å². The number of amides is 1. The minimum atomic E-state index is -0.236. The molecule has 6 nitrogen and oxygen atoms in total. The van der Waals surface area contributed by atoms with Gasteiger partial charge >= 0.3 is 0 Å². The number of aryl methyl sites for hydroxylation is 1. The molecular formula is C23H24N4O2. The van der Waals surface area contributed by atoms with E-state index in [0.29, 0.717) is 24.7 Å². The first-order valence-electron chi connectivity index (χ1n) is 9.91. The fraction of sp³-hybridized carbons (Fsp3) is 0.261. The predicted octanol–water partition coefficient (Wildman–Crippen LogP) is 3.79. The number of rotatable bonds is 5. The molecule has 2 aromatic carbocycles. The molecule has 4 rings (SSSR count). The Hall–Kier alpha value is -3.25. The van der Waals surface area contributed by atoms with Gasteiger partial charge in [-0.1, -0.05) is 55.5 Å². The quantitative estimate of drug-likeness (QED) is 0.720. The molecule has 1 aromatic heterocycles. The van der Waals surface area contributed by atoms with Gasteiger partial charge in [-0.05, 0) is 18.1 Å². The summed E-state index contributed by atoms with van der Waals surface area (Å²) in [7, 11) is 0. The third kappa shape index (κ3) is 4.43. The van der Waals surface area contributed by atoms with Crippen molar-refractivity contribution >= 4 is 17.4 Å². The Balaban J connectivity index is 1.70. The second kappa shape index (κ2) is 8.84. The van der Waals surface area contributed by atoms with Gasteiger partial charge < -0.3 is 15.0 Å². The van der Waals surface area contributed by atoms with Crippen molar-refractivity contribution in [1.82, 2.24) is 9.97 Å². The molecule has 1 fully saturated rings. The Morgan fingerprint density at radius 3 is 2.52 bits per heavy atom. The van der Waals surface area contributed by atoms with Crippen LogP contribution in [0.5, 0.6) is 0 Å². The van der Waals surface area contributed by atoms with Crippen molar-refractivity contribution in [2.45, 2.75) is 13.3 Å². The molecule has 0 radical (unpaired) electrons. The lowest BCUT2D eigenvalue weighted by atomic mass is 10.1. The normalized spacial score (nSPS) is 13.9. The van der Waals surface area contributed by atoms with Crippen molar-refractivity contribution in [3.63, 3.8) is 0 Å². The zero-order valence-corrected chi connectivity index (χ0v) is 16.5. The lowest BCUT2D eigenvalue weighted by Gasteiger charge is -2.28. The fourth-order valence-corrected chi connectivity index (χ4v) is 3.36. The Labute approximate surface area is 170 Å². The van der Waals surface area contributed by atoms with Crippen LogP contribution in [0.2, 0.25) is 0 Å². The largest absolute Gasteiger partial charge is 0.378 e. The van der Waals surface area contributed by atoms with Crippen LogP contribution in [-0.4, -0.2) is 42.2 Å². The monoisotopic (exact) mass is 388 g/mol. The zero-order chi connectivity index (χ0) is 20.1. The molecular weight excluding hydrogens is 364 g/mol. The van der Waals surface area contributed by atoms with Gasteiger partial charge in [0.15, 0.2) is 5.82 Å². The van der Waals surface area contributed by atoms with Gasteiger partial charge in [0, 0.05) is 30.4 Å². The Morgan fingerprint density at radius 1 is 1.03 bits per heavy atom. The standard InChI is InChI=1S/C23H24N4O2/c1-2-17-8-6-7-11-19(17)25-23(28)20-16-21(27-12-14-29-15-13-27)26-22(24-20)18-9-4-3-5-10-18/h3-11,16H,2,12-15H2,1H3,(H,25,28). The van der Waals surface area contributed by atoms with Crippen molar-refractivity contribution in [1.29, 1.82) is 0 Å². The van der Waals surface area contributed by atoms with E-state index < -0.39 is 0 Å². The van der Waals surface area contributed by atoms with E-state index in [9.17, 15) is 4.79 Å². The molecule has 0 atom stereocenters. The second-order valence-electron chi connectivity index (χ2n) is 6.87. The summed E-state index contributed by atoms with van der Waals surface area (Å²) in [6, 6.07) is 19.3. The molecule has 3 aromatic rings. The zero-order valence-electron chi connectivity index (χ0n) is 16.5. The van der Waals surface area contributed by atoms with E-state index in [4.69, 9.17) is 9.72 Å². The maximum atomic E-state index is 13.1. The summed E-state index contributed by atoms with van der Waals surface area (Å²) >= 11 is 0. The summed E-state index contributed by atoms with van der Waals surface area (Å²) < 4.78 is 5.45. The maximum absolute atomic E-state index is 13.1. The highest BCUT2D eigenvalue weighted by Gasteiger charge is 2.19. The number of nitrogens with zero attached hydrogens (tertiary/aromatic N) is 3. The lowest BCUT2D eigenvalue weighted by Crippen LogP contribution is -2.37. The number of morpholine rings is 1. The number of hydrogen-bond donors (Lipinski definition) is 1. The predicted molar refractivity (Wildman–Crippen MR) is 114 cm³/mol. The molecule has 1 aliphatic rings. The minimum absolute atomic E-state index is 0.236. The number of benzene rings is 2. The highest BCUT2D eigenvalue weighted by Crippen LogP contribution is 2.22. The molecule has 1 aliphatic heterocycles. The number of carbonyl (C=O) groups excluding carboxylic acids is 1. The molecule has 1 amide bonds. The molecule has 1 N–H and O–H groups in total. The van der Waals surface area contributed by atoms with E-state index in [2.05, 4.69) is 22.1 Å². The number of aromatic nitrogens is 2. The van der Waals surface area contributed by atoms with Crippen LogP contribution >= 0.6 is 0 Å². The summed E-state index contributed by atoms with van der Waals surface area (Å²) in [5.41, 5.74) is 3.14. The average molecular weight is 388 g/mol. The highest BCUT2D eigenvalue weighted by atomic mass is 16.5. The number of hydrogen-bond acceptors (Lipinski definition) is 5. The van der Waals surface area contributed by atoms with Crippen LogP contribution in [0.4, 0.5) is 11.5 Å². The summed E-state index contributed by atoms with van der Waals surface area (Å²) in [5, 5.41) is 3.01. The molecule has 2 heterocycles. The van der Waals surface area contributed by atoms with Crippen LogP contribution in [0.15, 0.2) is 60.7 Å². The number of para-hydroxylation sites is 1. The molecule has 6 heteroatoms. The number of carbonyl (C=O) groups is 1. The Morgan fingerprint density at radius 2 is 1.76 bits per heavy atom. The van der Waals surface area contributed by atoms with Crippen LogP contribution < -0.4 is 10.2 Å². The lowest BCUT2D eigenvalue weighted by molar-refractivity contribution is 0.102. The summed E-state index contributed by atoms with van der Waals surface area (Å²) in [6.07, 6.45) is 0.842. The SMILES string of the molecule is CCc1ccccc1NC(=O)c1cc(N2CCOCC2)nc(-c2ccccc2)n1. The van der Waals surface area contributed by atoms with E-state index in [0.717, 1.165) is 42.1 Å². The summed E-state index contributed by atoms with van der Waals surface area (Å²) in [4.78, 5) is 24.5. The molecule has 1 saturated heterocycles. The molecule has 0 saturated carbocycles. The third-order valence-electron chi connectivity index (χ3n) is 4.96. The van der Waals surface area contributed by atoms with Crippen LogP contribution in [0, 0.1) is 0 Å². The smallest absolute Gasteiger partial charge is 0.274 e. The molecule has 0 bridgehead atoms. The fourth-order valence-electron chi connectivity index (χ4n) is 3.36. The van der Waals surface area contributed by atoms with Crippen molar-refractivity contribution in [3.05, 3.63) is 71.9 Å². The minimum Gasteiger partial charge on any atom is -0.378 e.